The number of aliphatic hydroxyl groups is 3. The molecule has 0 saturated heterocycles. The van der Waals surface area contributed by atoms with Gasteiger partial charge in [-0.3, -0.25) is 0 Å². The molecule has 0 bridgehead atoms. The number of phenolic OH excluding ortho intramolecular Hbond substituents is 2. The second-order valence-electron chi connectivity index (χ2n) is 6.00. The van der Waals surface area contributed by atoms with E-state index < -0.39 is 17.8 Å². The van der Waals surface area contributed by atoms with Gasteiger partial charge in [0, 0.05) is 30.5 Å². The Morgan fingerprint density at radius 3 is 2.59 bits per heavy atom. The van der Waals surface area contributed by atoms with Crippen molar-refractivity contribution >= 4 is 0 Å². The van der Waals surface area contributed by atoms with Crippen molar-refractivity contribution in [2.24, 2.45) is 0 Å². The first-order valence-corrected chi connectivity index (χ1v) is 7.00. The maximum absolute atomic E-state index is 10.3. The van der Waals surface area contributed by atoms with E-state index in [1.54, 1.807) is 6.08 Å². The molecule has 3 atom stereocenters. The third-order valence-corrected chi connectivity index (χ3v) is 4.11. The number of phenols is 2. The van der Waals surface area contributed by atoms with Crippen LogP contribution in [0.5, 0.6) is 17.2 Å². The summed E-state index contributed by atoms with van der Waals surface area (Å²) in [7, 11) is 0. The largest absolute Gasteiger partial charge is 0.509 e. The van der Waals surface area contributed by atoms with Crippen LogP contribution in [-0.4, -0.2) is 43.3 Å². The molecule has 0 radical (unpaired) electrons. The molecule has 6 nitrogen and oxygen atoms in total. The van der Waals surface area contributed by atoms with Crippen molar-refractivity contribution in [2.75, 3.05) is 0 Å². The number of allylic oxidation sites excluding steroid dienone is 2. The minimum atomic E-state index is -1.41. The van der Waals surface area contributed by atoms with Gasteiger partial charge >= 0.3 is 0 Å². The first kappa shape index (κ1) is 14.7. The molecule has 1 aliphatic heterocycles. The smallest absolute Gasteiger partial charge is 0.146 e. The van der Waals surface area contributed by atoms with E-state index in [9.17, 15) is 25.5 Å². The number of rotatable bonds is 1. The molecule has 5 N–H and O–H groups in total. The van der Waals surface area contributed by atoms with Crippen LogP contribution < -0.4 is 4.74 Å². The number of aliphatic hydroxyl groups excluding tert-OH is 2. The van der Waals surface area contributed by atoms with Gasteiger partial charge in [0.25, 0.3) is 0 Å². The molecule has 0 spiro atoms. The summed E-state index contributed by atoms with van der Waals surface area (Å²) >= 11 is 0. The maximum atomic E-state index is 10.3. The van der Waals surface area contributed by atoms with Crippen LogP contribution in [0.1, 0.15) is 18.9 Å². The fourth-order valence-corrected chi connectivity index (χ4v) is 2.89. The van der Waals surface area contributed by atoms with Crippen LogP contribution in [-0.2, 0) is 6.42 Å². The van der Waals surface area contributed by atoms with Gasteiger partial charge < -0.3 is 30.3 Å². The highest BCUT2D eigenvalue weighted by Gasteiger charge is 2.38. The predicted molar refractivity (Wildman–Crippen MR) is 77.9 cm³/mol. The zero-order valence-electron chi connectivity index (χ0n) is 12.0. The van der Waals surface area contributed by atoms with Gasteiger partial charge in [-0.05, 0) is 18.6 Å². The molecule has 22 heavy (non-hydrogen) atoms. The highest BCUT2D eigenvalue weighted by atomic mass is 16.5. The van der Waals surface area contributed by atoms with Gasteiger partial charge in [-0.25, -0.2) is 0 Å². The van der Waals surface area contributed by atoms with Crippen LogP contribution in [0.2, 0.25) is 0 Å². The Bertz CT molecular complexity index is 673. The molecule has 0 aromatic heterocycles. The lowest BCUT2D eigenvalue weighted by Gasteiger charge is -2.36. The summed E-state index contributed by atoms with van der Waals surface area (Å²) < 4.78 is 5.71. The van der Waals surface area contributed by atoms with Crippen LogP contribution in [0.15, 0.2) is 35.6 Å². The predicted octanol–water partition coefficient (Wildman–Crippen LogP) is 1.29. The van der Waals surface area contributed by atoms with E-state index in [0.717, 1.165) is 0 Å². The zero-order chi connectivity index (χ0) is 16.1. The second-order valence-corrected chi connectivity index (χ2v) is 6.00. The Morgan fingerprint density at radius 1 is 1.18 bits per heavy atom. The quantitative estimate of drug-likeness (QED) is 0.535. The number of ether oxygens (including phenoxy) is 1. The standard InChI is InChI=1S/C16H18O6/c1-16(21)7-8(2-3-14(16)20)15-12(19)6-10-11(18)4-9(17)5-13(10)22-15/h2-5,12,15,17-21H,6-7H2,1H3/t12-,15+,16-/m0/s1. The van der Waals surface area contributed by atoms with Crippen LogP contribution in [0.3, 0.4) is 0 Å². The van der Waals surface area contributed by atoms with Crippen LogP contribution in [0.4, 0.5) is 0 Å². The van der Waals surface area contributed by atoms with Gasteiger partial charge in [-0.2, -0.15) is 0 Å². The molecule has 3 rings (SSSR count). The van der Waals surface area contributed by atoms with Crippen molar-refractivity contribution in [1.29, 1.82) is 0 Å². The molecule has 1 aliphatic carbocycles. The molecule has 0 saturated carbocycles. The molecule has 1 aromatic carbocycles. The van der Waals surface area contributed by atoms with E-state index in [2.05, 4.69) is 0 Å². The molecule has 0 unspecified atom stereocenters. The Labute approximate surface area is 127 Å². The monoisotopic (exact) mass is 306 g/mol. The lowest BCUT2D eigenvalue weighted by molar-refractivity contribution is 0.0170. The van der Waals surface area contributed by atoms with Crippen LogP contribution >= 0.6 is 0 Å². The Kier molecular flexibility index (Phi) is 3.30. The van der Waals surface area contributed by atoms with E-state index in [0.29, 0.717) is 16.9 Å². The van der Waals surface area contributed by atoms with E-state index in [1.165, 1.54) is 25.1 Å². The first-order chi connectivity index (χ1) is 10.3. The summed E-state index contributed by atoms with van der Waals surface area (Å²) in [6.45, 7) is 1.48. The minimum Gasteiger partial charge on any atom is -0.509 e. The molecular weight excluding hydrogens is 288 g/mol. The van der Waals surface area contributed by atoms with E-state index in [-0.39, 0.29) is 30.1 Å². The van der Waals surface area contributed by atoms with Crippen molar-refractivity contribution in [3.05, 3.63) is 41.2 Å². The Hall–Kier alpha value is -2.18. The van der Waals surface area contributed by atoms with Crippen molar-refractivity contribution in [1.82, 2.24) is 0 Å². The SMILES string of the molecule is C[C@]1(O)CC([C@H]2Oc3cc(O)cc(O)c3C[C@@H]2O)=CC=C1O. The molecule has 1 heterocycles. The number of hydrogen-bond acceptors (Lipinski definition) is 6. The van der Waals surface area contributed by atoms with Crippen molar-refractivity contribution in [3.63, 3.8) is 0 Å². The van der Waals surface area contributed by atoms with E-state index in [4.69, 9.17) is 4.74 Å². The fraction of sp³-hybridized carbons (Fsp3) is 0.375. The Morgan fingerprint density at radius 2 is 1.91 bits per heavy atom. The van der Waals surface area contributed by atoms with E-state index >= 15 is 0 Å². The van der Waals surface area contributed by atoms with Crippen LogP contribution in [0.25, 0.3) is 0 Å². The number of benzene rings is 1. The molecule has 0 fully saturated rings. The van der Waals surface area contributed by atoms with Gasteiger partial charge in [-0.15, -0.1) is 0 Å². The van der Waals surface area contributed by atoms with Crippen molar-refractivity contribution in [2.45, 2.75) is 37.6 Å². The van der Waals surface area contributed by atoms with Crippen LogP contribution in [0, 0.1) is 0 Å². The lowest BCUT2D eigenvalue weighted by atomic mass is 9.83. The lowest BCUT2D eigenvalue weighted by Crippen LogP contribution is -2.42. The highest BCUT2D eigenvalue weighted by molar-refractivity contribution is 5.51. The van der Waals surface area contributed by atoms with Gasteiger partial charge in [0.1, 0.15) is 34.7 Å². The van der Waals surface area contributed by atoms with Crippen molar-refractivity contribution < 1.29 is 30.3 Å². The Balaban J connectivity index is 1.94. The summed E-state index contributed by atoms with van der Waals surface area (Å²) in [5.74, 6) is -0.104. The molecule has 0 amide bonds. The average Bonchev–Trinajstić information content (AvgIpc) is 2.42. The number of aromatic hydroxyl groups is 2. The topological polar surface area (TPSA) is 110 Å². The van der Waals surface area contributed by atoms with Gasteiger partial charge in [0.2, 0.25) is 0 Å². The molecule has 2 aliphatic rings. The number of fused-ring (bicyclic) bond motifs is 1. The minimum absolute atomic E-state index is 0.122. The highest BCUT2D eigenvalue weighted by Crippen LogP contribution is 2.41. The summed E-state index contributed by atoms with van der Waals surface area (Å²) in [5.41, 5.74) is -0.346. The van der Waals surface area contributed by atoms with Crippen molar-refractivity contribution in [3.8, 4) is 17.2 Å². The zero-order valence-corrected chi connectivity index (χ0v) is 12.0. The average molecular weight is 306 g/mol. The third kappa shape index (κ3) is 2.40. The summed E-state index contributed by atoms with van der Waals surface area (Å²) in [6, 6.07) is 2.57. The first-order valence-electron chi connectivity index (χ1n) is 7.00. The molecule has 6 heteroatoms. The molecule has 1 aromatic rings. The summed E-state index contributed by atoms with van der Waals surface area (Å²) in [4.78, 5) is 0. The van der Waals surface area contributed by atoms with E-state index in [1.807, 2.05) is 0 Å². The fourth-order valence-electron chi connectivity index (χ4n) is 2.89. The molecule has 118 valence electrons. The normalized spacial score (nSPS) is 30.9. The third-order valence-electron chi connectivity index (χ3n) is 4.11. The summed E-state index contributed by atoms with van der Waals surface area (Å²) in [5, 5.41) is 49.4. The summed E-state index contributed by atoms with van der Waals surface area (Å²) in [6.07, 6.45) is 1.65. The number of hydrogen-bond donors (Lipinski definition) is 5. The maximum Gasteiger partial charge on any atom is 0.146 e. The molecular formula is C16H18O6. The van der Waals surface area contributed by atoms with Gasteiger partial charge in [0.15, 0.2) is 0 Å². The van der Waals surface area contributed by atoms with Gasteiger partial charge in [-0.1, -0.05) is 6.08 Å². The second kappa shape index (κ2) is 4.93. The van der Waals surface area contributed by atoms with Gasteiger partial charge in [0.05, 0.1) is 6.10 Å².